The van der Waals surface area contributed by atoms with E-state index in [0.717, 1.165) is 4.90 Å². The number of carbonyl (C=O) groups is 3. The molecule has 2 saturated heterocycles. The van der Waals surface area contributed by atoms with Crippen LogP contribution in [0.4, 0.5) is 11.4 Å². The van der Waals surface area contributed by atoms with Crippen molar-refractivity contribution in [3.05, 3.63) is 82.3 Å². The van der Waals surface area contributed by atoms with Crippen LogP contribution in [0.2, 0.25) is 0 Å². The van der Waals surface area contributed by atoms with E-state index in [1.807, 2.05) is 30.3 Å². The third-order valence-electron chi connectivity index (χ3n) is 6.19. The number of phenols is 1. The number of para-hydroxylation sites is 1. The molecule has 9 nitrogen and oxygen atoms in total. The predicted molar refractivity (Wildman–Crippen MR) is 133 cm³/mol. The largest absolute Gasteiger partial charge is 0.503 e. The highest BCUT2D eigenvalue weighted by molar-refractivity contribution is 9.10. The highest BCUT2D eigenvalue weighted by atomic mass is 79.9. The van der Waals surface area contributed by atoms with Crippen LogP contribution in [0, 0.1) is 5.92 Å². The van der Waals surface area contributed by atoms with Gasteiger partial charge in [-0.2, -0.15) is 0 Å². The van der Waals surface area contributed by atoms with Crippen molar-refractivity contribution < 1.29 is 34.2 Å². The van der Waals surface area contributed by atoms with Crippen molar-refractivity contribution in [1.82, 2.24) is 0 Å². The number of amides is 2. The van der Waals surface area contributed by atoms with Crippen LogP contribution >= 0.6 is 15.9 Å². The minimum Gasteiger partial charge on any atom is -0.503 e. The first-order chi connectivity index (χ1) is 17.3. The summed E-state index contributed by atoms with van der Waals surface area (Å²) < 4.78 is 5.96. The number of phenolic OH excluding ortho intramolecular Hbond substituents is 1. The SMILES string of the molecule is CCOc1cc([C@@H]2[C@H]3C(=O)N(c4ccc(C(=O)O)cc4)C(=O)[C@@H]3ON2c2ccccc2)cc(Br)c1O. The first-order valence-electron chi connectivity index (χ1n) is 11.2. The molecule has 3 aromatic carbocycles. The van der Waals surface area contributed by atoms with Gasteiger partial charge in [0.2, 0.25) is 5.91 Å². The molecule has 0 saturated carbocycles. The number of halogens is 1. The van der Waals surface area contributed by atoms with Gasteiger partial charge in [-0.1, -0.05) is 18.2 Å². The lowest BCUT2D eigenvalue weighted by atomic mass is 9.90. The highest BCUT2D eigenvalue weighted by Crippen LogP contribution is 2.49. The van der Waals surface area contributed by atoms with Crippen molar-refractivity contribution in [3.8, 4) is 11.5 Å². The third kappa shape index (κ3) is 3.88. The Balaban J connectivity index is 1.59. The van der Waals surface area contributed by atoms with E-state index in [1.165, 1.54) is 24.3 Å². The van der Waals surface area contributed by atoms with Crippen molar-refractivity contribution in [2.45, 2.75) is 19.1 Å². The number of nitrogens with zero attached hydrogens (tertiary/aromatic N) is 2. The Morgan fingerprint density at radius 2 is 1.72 bits per heavy atom. The van der Waals surface area contributed by atoms with Gasteiger partial charge in [0.15, 0.2) is 17.6 Å². The summed E-state index contributed by atoms with van der Waals surface area (Å²) in [5.41, 5.74) is 1.56. The zero-order valence-electron chi connectivity index (χ0n) is 19.0. The normalized spacial score (nSPS) is 21.1. The van der Waals surface area contributed by atoms with E-state index in [9.17, 15) is 24.6 Å². The van der Waals surface area contributed by atoms with E-state index in [4.69, 9.17) is 9.57 Å². The maximum absolute atomic E-state index is 13.7. The number of fused-ring (bicyclic) bond motifs is 1. The Morgan fingerprint density at radius 1 is 1.03 bits per heavy atom. The molecule has 3 atom stereocenters. The number of carboxylic acids is 1. The van der Waals surface area contributed by atoms with Crippen LogP contribution in [0.15, 0.2) is 71.2 Å². The van der Waals surface area contributed by atoms with E-state index in [1.54, 1.807) is 24.1 Å². The second-order valence-electron chi connectivity index (χ2n) is 8.30. The third-order valence-corrected chi connectivity index (χ3v) is 6.80. The van der Waals surface area contributed by atoms with Crippen LogP contribution in [-0.4, -0.2) is 40.7 Å². The number of hydrogen-bond donors (Lipinski definition) is 2. The molecule has 0 spiro atoms. The number of anilines is 2. The summed E-state index contributed by atoms with van der Waals surface area (Å²) in [4.78, 5) is 45.5. The molecule has 36 heavy (non-hydrogen) atoms. The average Bonchev–Trinajstić information content (AvgIpc) is 3.38. The number of ether oxygens (including phenoxy) is 1. The number of hydrogen-bond acceptors (Lipinski definition) is 7. The zero-order chi connectivity index (χ0) is 25.6. The summed E-state index contributed by atoms with van der Waals surface area (Å²) in [6, 6.07) is 17.2. The van der Waals surface area contributed by atoms with Gasteiger partial charge in [-0.25, -0.2) is 14.8 Å². The van der Waals surface area contributed by atoms with Gasteiger partial charge in [0.1, 0.15) is 5.92 Å². The topological polar surface area (TPSA) is 117 Å². The summed E-state index contributed by atoms with van der Waals surface area (Å²) in [5.74, 6) is -2.87. The first-order valence-corrected chi connectivity index (χ1v) is 12.0. The maximum atomic E-state index is 13.7. The molecule has 2 fully saturated rings. The number of aromatic hydroxyl groups is 1. The van der Waals surface area contributed by atoms with Gasteiger partial charge in [-0.05, 0) is 76.9 Å². The molecule has 0 radical (unpaired) electrons. The average molecular weight is 553 g/mol. The fourth-order valence-electron chi connectivity index (χ4n) is 4.59. The van der Waals surface area contributed by atoms with E-state index >= 15 is 0 Å². The number of aromatic carboxylic acids is 1. The number of benzene rings is 3. The molecule has 2 N–H and O–H groups in total. The highest BCUT2D eigenvalue weighted by Gasteiger charge is 2.60. The van der Waals surface area contributed by atoms with E-state index in [0.29, 0.717) is 22.3 Å². The Bertz CT molecular complexity index is 1350. The predicted octanol–water partition coefficient (Wildman–Crippen LogP) is 4.30. The lowest BCUT2D eigenvalue weighted by Crippen LogP contribution is -2.37. The molecule has 2 aliphatic rings. The van der Waals surface area contributed by atoms with Crippen LogP contribution in [0.5, 0.6) is 11.5 Å². The van der Waals surface area contributed by atoms with Crippen molar-refractivity contribution in [2.75, 3.05) is 16.6 Å². The number of hydroxylamine groups is 1. The molecular formula is C26H21BrN2O7. The van der Waals surface area contributed by atoms with Gasteiger partial charge in [0.05, 0.1) is 34.1 Å². The van der Waals surface area contributed by atoms with Crippen LogP contribution in [0.3, 0.4) is 0 Å². The van der Waals surface area contributed by atoms with Gasteiger partial charge in [-0.3, -0.25) is 14.4 Å². The lowest BCUT2D eigenvalue weighted by molar-refractivity contribution is -0.126. The molecule has 184 valence electrons. The van der Waals surface area contributed by atoms with Gasteiger partial charge in [-0.15, -0.1) is 0 Å². The Labute approximate surface area is 214 Å². The van der Waals surface area contributed by atoms with Crippen molar-refractivity contribution in [2.24, 2.45) is 5.92 Å². The molecule has 5 rings (SSSR count). The second-order valence-corrected chi connectivity index (χ2v) is 9.16. The number of imide groups is 1. The van der Waals surface area contributed by atoms with Crippen molar-refractivity contribution in [3.63, 3.8) is 0 Å². The number of rotatable bonds is 6. The molecule has 0 aromatic heterocycles. The fourth-order valence-corrected chi connectivity index (χ4v) is 5.05. The van der Waals surface area contributed by atoms with Gasteiger partial charge in [0, 0.05) is 0 Å². The van der Waals surface area contributed by atoms with Crippen LogP contribution in [-0.2, 0) is 14.4 Å². The van der Waals surface area contributed by atoms with Crippen LogP contribution < -0.4 is 14.7 Å². The second kappa shape index (κ2) is 9.29. The summed E-state index contributed by atoms with van der Waals surface area (Å²) in [7, 11) is 0. The standard InChI is InChI=1S/C26H21BrN2O7/c1-2-35-19-13-15(12-18(27)22(19)30)21-20-23(36-29(21)17-6-4-3-5-7-17)25(32)28(24(20)31)16-10-8-14(9-11-16)26(33)34/h3-13,20-21,23,30H,2H2,1H3,(H,33,34)/t20-,21-,23-/m1/s1. The first kappa shape index (κ1) is 23.8. The lowest BCUT2D eigenvalue weighted by Gasteiger charge is -2.29. The van der Waals surface area contributed by atoms with Gasteiger partial charge in [0.25, 0.3) is 5.91 Å². The molecule has 2 aliphatic heterocycles. The minimum atomic E-state index is -1.11. The molecule has 3 aromatic rings. The molecule has 0 aliphatic carbocycles. The van der Waals surface area contributed by atoms with Crippen molar-refractivity contribution >= 4 is 45.1 Å². The number of carbonyl (C=O) groups excluding carboxylic acids is 2. The Hall–Kier alpha value is -3.89. The molecule has 2 heterocycles. The molecular weight excluding hydrogens is 532 g/mol. The number of carboxylic acid groups (broad SMARTS) is 1. The summed E-state index contributed by atoms with van der Waals surface area (Å²) >= 11 is 3.36. The van der Waals surface area contributed by atoms with Crippen LogP contribution in [0.25, 0.3) is 0 Å². The van der Waals surface area contributed by atoms with E-state index < -0.39 is 35.8 Å². The van der Waals surface area contributed by atoms with Crippen molar-refractivity contribution in [1.29, 1.82) is 0 Å². The molecule has 0 unspecified atom stereocenters. The zero-order valence-corrected chi connectivity index (χ0v) is 20.6. The summed E-state index contributed by atoms with van der Waals surface area (Å²) in [6.07, 6.45) is -1.09. The molecule has 10 heteroatoms. The summed E-state index contributed by atoms with van der Waals surface area (Å²) in [5, 5.41) is 21.1. The quantitative estimate of drug-likeness (QED) is 0.434. The Morgan fingerprint density at radius 3 is 2.36 bits per heavy atom. The monoisotopic (exact) mass is 552 g/mol. The fraction of sp³-hybridized carbons (Fsp3) is 0.192. The summed E-state index contributed by atoms with van der Waals surface area (Å²) in [6.45, 7) is 2.11. The Kier molecular flexibility index (Phi) is 6.15. The van der Waals surface area contributed by atoms with Crippen LogP contribution in [0.1, 0.15) is 28.9 Å². The maximum Gasteiger partial charge on any atom is 0.335 e. The van der Waals surface area contributed by atoms with E-state index in [2.05, 4.69) is 15.9 Å². The van der Waals surface area contributed by atoms with E-state index in [-0.39, 0.29) is 22.7 Å². The van der Waals surface area contributed by atoms with Gasteiger partial charge >= 0.3 is 5.97 Å². The molecule has 0 bridgehead atoms. The van der Waals surface area contributed by atoms with Gasteiger partial charge < -0.3 is 14.9 Å². The molecule has 2 amide bonds. The smallest absolute Gasteiger partial charge is 0.335 e. The minimum absolute atomic E-state index is 0.0415.